The highest BCUT2D eigenvalue weighted by molar-refractivity contribution is 5.94. The van der Waals surface area contributed by atoms with Gasteiger partial charge < -0.3 is 16.0 Å². The van der Waals surface area contributed by atoms with Gasteiger partial charge in [-0.05, 0) is 43.0 Å². The van der Waals surface area contributed by atoms with Crippen LogP contribution in [0.3, 0.4) is 0 Å². The van der Waals surface area contributed by atoms with E-state index in [0.717, 1.165) is 18.8 Å². The molecule has 0 saturated carbocycles. The first kappa shape index (κ1) is 13.9. The van der Waals surface area contributed by atoms with Gasteiger partial charge in [0.15, 0.2) is 0 Å². The molecule has 1 aliphatic rings. The van der Waals surface area contributed by atoms with Crippen LogP contribution < -0.4 is 16.0 Å². The van der Waals surface area contributed by atoms with Crippen LogP contribution in [-0.4, -0.2) is 25.0 Å². The van der Waals surface area contributed by atoms with Gasteiger partial charge in [0.25, 0.3) is 0 Å². The van der Waals surface area contributed by atoms with Crippen LogP contribution in [0.5, 0.6) is 0 Å². The van der Waals surface area contributed by atoms with Crippen LogP contribution in [0.1, 0.15) is 26.7 Å². The summed E-state index contributed by atoms with van der Waals surface area (Å²) in [6, 6.07) is 7.54. The lowest BCUT2D eigenvalue weighted by atomic mass is 10.0. The highest BCUT2D eigenvalue weighted by Crippen LogP contribution is 2.22. The number of carbonyl (C=O) groups is 1. The van der Waals surface area contributed by atoms with Crippen LogP contribution in [0.2, 0.25) is 0 Å². The monoisotopic (exact) mass is 261 g/mol. The van der Waals surface area contributed by atoms with E-state index >= 15 is 0 Å². The van der Waals surface area contributed by atoms with Crippen molar-refractivity contribution in [3.63, 3.8) is 0 Å². The zero-order chi connectivity index (χ0) is 13.8. The Hall–Kier alpha value is -1.55. The molecule has 1 atom stereocenters. The molecule has 3 N–H and O–H groups in total. The van der Waals surface area contributed by atoms with Crippen LogP contribution in [0, 0.1) is 5.92 Å². The number of carbonyl (C=O) groups excluding carboxylic acids is 1. The summed E-state index contributed by atoms with van der Waals surface area (Å²) >= 11 is 0. The fourth-order valence-corrected chi connectivity index (χ4v) is 2.26. The summed E-state index contributed by atoms with van der Waals surface area (Å²) in [5, 5.41) is 2.86. The molecule has 0 aliphatic carbocycles. The standard InChI is InChI=1S/C15H23N3O/c1-11(2)14(16)15(19)17-12-5-7-13(8-6-12)18-9-3-4-10-18/h5-8,11,14H,3-4,9-10,16H2,1-2H3,(H,17,19)/t14-/m1/s1. The molecular formula is C15H23N3O. The average molecular weight is 261 g/mol. The van der Waals surface area contributed by atoms with Crippen molar-refractivity contribution < 1.29 is 4.79 Å². The van der Waals surface area contributed by atoms with E-state index in [1.807, 2.05) is 26.0 Å². The van der Waals surface area contributed by atoms with E-state index in [9.17, 15) is 4.79 Å². The van der Waals surface area contributed by atoms with Gasteiger partial charge in [0.1, 0.15) is 0 Å². The van der Waals surface area contributed by atoms with E-state index in [1.54, 1.807) is 0 Å². The van der Waals surface area contributed by atoms with Crippen molar-refractivity contribution in [3.05, 3.63) is 24.3 Å². The van der Waals surface area contributed by atoms with E-state index < -0.39 is 6.04 Å². The third-order valence-electron chi connectivity index (χ3n) is 3.63. The second kappa shape index (κ2) is 6.06. The SMILES string of the molecule is CC(C)[C@@H](N)C(=O)Nc1ccc(N2CCCC2)cc1. The molecule has 0 radical (unpaired) electrons. The number of anilines is 2. The van der Waals surface area contributed by atoms with Gasteiger partial charge >= 0.3 is 0 Å². The maximum absolute atomic E-state index is 11.8. The summed E-state index contributed by atoms with van der Waals surface area (Å²) in [7, 11) is 0. The topological polar surface area (TPSA) is 58.4 Å². The number of amides is 1. The van der Waals surface area contributed by atoms with E-state index in [4.69, 9.17) is 5.73 Å². The van der Waals surface area contributed by atoms with Crippen molar-refractivity contribution in [2.45, 2.75) is 32.7 Å². The van der Waals surface area contributed by atoms with E-state index in [2.05, 4.69) is 22.3 Å². The number of nitrogens with two attached hydrogens (primary N) is 1. The molecule has 1 aliphatic heterocycles. The Kier molecular flexibility index (Phi) is 4.43. The highest BCUT2D eigenvalue weighted by Gasteiger charge is 2.17. The summed E-state index contributed by atoms with van der Waals surface area (Å²) < 4.78 is 0. The summed E-state index contributed by atoms with van der Waals surface area (Å²) in [6.07, 6.45) is 2.53. The molecule has 4 nitrogen and oxygen atoms in total. The van der Waals surface area contributed by atoms with Gasteiger partial charge in [-0.3, -0.25) is 4.79 Å². The smallest absolute Gasteiger partial charge is 0.241 e. The van der Waals surface area contributed by atoms with E-state index in [0.29, 0.717) is 0 Å². The van der Waals surface area contributed by atoms with Crippen molar-refractivity contribution >= 4 is 17.3 Å². The zero-order valence-electron chi connectivity index (χ0n) is 11.7. The second-order valence-corrected chi connectivity index (χ2v) is 5.50. The predicted octanol–water partition coefficient (Wildman–Crippen LogP) is 2.21. The third kappa shape index (κ3) is 3.47. The molecule has 1 heterocycles. The number of hydrogen-bond donors (Lipinski definition) is 2. The molecule has 0 aromatic heterocycles. The average Bonchev–Trinajstić information content (AvgIpc) is 2.92. The molecule has 0 bridgehead atoms. The fraction of sp³-hybridized carbons (Fsp3) is 0.533. The maximum atomic E-state index is 11.8. The van der Waals surface area contributed by atoms with Crippen LogP contribution in [-0.2, 0) is 4.79 Å². The zero-order valence-corrected chi connectivity index (χ0v) is 11.7. The van der Waals surface area contributed by atoms with Crippen molar-refractivity contribution in [2.24, 2.45) is 11.7 Å². The van der Waals surface area contributed by atoms with Gasteiger partial charge in [0, 0.05) is 24.5 Å². The lowest BCUT2D eigenvalue weighted by Gasteiger charge is -2.19. The molecule has 4 heteroatoms. The quantitative estimate of drug-likeness (QED) is 0.873. The fourth-order valence-electron chi connectivity index (χ4n) is 2.26. The molecule has 19 heavy (non-hydrogen) atoms. The molecule has 1 aromatic rings. The van der Waals surface area contributed by atoms with Crippen LogP contribution >= 0.6 is 0 Å². The van der Waals surface area contributed by atoms with Crippen molar-refractivity contribution in [1.82, 2.24) is 0 Å². The largest absolute Gasteiger partial charge is 0.372 e. The Morgan fingerprint density at radius 3 is 2.32 bits per heavy atom. The predicted molar refractivity (Wildman–Crippen MR) is 79.3 cm³/mol. The van der Waals surface area contributed by atoms with Gasteiger partial charge in [-0.25, -0.2) is 0 Å². The summed E-state index contributed by atoms with van der Waals surface area (Å²) in [4.78, 5) is 14.2. The Labute approximate surface area is 115 Å². The van der Waals surface area contributed by atoms with Crippen LogP contribution in [0.15, 0.2) is 24.3 Å². The molecule has 2 rings (SSSR count). The molecule has 1 fully saturated rings. The normalized spacial score (nSPS) is 16.7. The Morgan fingerprint density at radius 1 is 1.21 bits per heavy atom. The molecule has 0 unspecified atom stereocenters. The first-order valence-corrected chi connectivity index (χ1v) is 6.99. The molecule has 104 valence electrons. The molecule has 1 amide bonds. The van der Waals surface area contributed by atoms with Crippen molar-refractivity contribution in [1.29, 1.82) is 0 Å². The first-order chi connectivity index (χ1) is 9.08. The Balaban J connectivity index is 1.96. The first-order valence-electron chi connectivity index (χ1n) is 6.99. The number of benzene rings is 1. The number of nitrogens with one attached hydrogen (secondary N) is 1. The lowest BCUT2D eigenvalue weighted by molar-refractivity contribution is -0.118. The second-order valence-electron chi connectivity index (χ2n) is 5.50. The third-order valence-corrected chi connectivity index (χ3v) is 3.63. The van der Waals surface area contributed by atoms with Crippen molar-refractivity contribution in [2.75, 3.05) is 23.3 Å². The van der Waals surface area contributed by atoms with Crippen LogP contribution in [0.25, 0.3) is 0 Å². The Morgan fingerprint density at radius 2 is 1.79 bits per heavy atom. The minimum Gasteiger partial charge on any atom is -0.372 e. The van der Waals surface area contributed by atoms with Crippen LogP contribution in [0.4, 0.5) is 11.4 Å². The van der Waals surface area contributed by atoms with E-state index in [1.165, 1.54) is 18.5 Å². The lowest BCUT2D eigenvalue weighted by Crippen LogP contribution is -2.39. The summed E-state index contributed by atoms with van der Waals surface area (Å²) in [5.74, 6) is 0.0211. The molecular weight excluding hydrogens is 238 g/mol. The van der Waals surface area contributed by atoms with Gasteiger partial charge in [0.05, 0.1) is 6.04 Å². The molecule has 1 saturated heterocycles. The number of rotatable bonds is 4. The maximum Gasteiger partial charge on any atom is 0.241 e. The minimum atomic E-state index is -0.460. The minimum absolute atomic E-state index is 0.121. The van der Waals surface area contributed by atoms with Gasteiger partial charge in [-0.15, -0.1) is 0 Å². The van der Waals surface area contributed by atoms with Gasteiger partial charge in [-0.2, -0.15) is 0 Å². The summed E-state index contributed by atoms with van der Waals surface area (Å²) in [5.41, 5.74) is 7.85. The summed E-state index contributed by atoms with van der Waals surface area (Å²) in [6.45, 7) is 6.15. The Bertz CT molecular complexity index is 422. The van der Waals surface area contributed by atoms with Crippen molar-refractivity contribution in [3.8, 4) is 0 Å². The number of nitrogens with zero attached hydrogens (tertiary/aromatic N) is 1. The molecule has 0 spiro atoms. The molecule has 1 aromatic carbocycles. The van der Waals surface area contributed by atoms with Gasteiger partial charge in [0.2, 0.25) is 5.91 Å². The van der Waals surface area contributed by atoms with Gasteiger partial charge in [-0.1, -0.05) is 13.8 Å². The highest BCUT2D eigenvalue weighted by atomic mass is 16.2. The van der Waals surface area contributed by atoms with E-state index in [-0.39, 0.29) is 11.8 Å². The number of hydrogen-bond acceptors (Lipinski definition) is 3.